The molecule has 3 rings (SSSR count). The second-order valence-electron chi connectivity index (χ2n) is 5.60. The molecule has 0 spiro atoms. The van der Waals surface area contributed by atoms with Crippen molar-refractivity contribution in [1.82, 2.24) is 10.4 Å². The summed E-state index contributed by atoms with van der Waals surface area (Å²) in [7, 11) is 0. The van der Waals surface area contributed by atoms with Gasteiger partial charge in [-0.25, -0.2) is 5.43 Å². The molecule has 1 aliphatic rings. The van der Waals surface area contributed by atoms with Gasteiger partial charge in [0.25, 0.3) is 5.91 Å². The summed E-state index contributed by atoms with van der Waals surface area (Å²) in [5.74, 6) is -1.06. The lowest BCUT2D eigenvalue weighted by Gasteiger charge is -2.01. The van der Waals surface area contributed by atoms with Crippen LogP contribution in [0.4, 0.5) is 0 Å². The number of hydrogen-bond donors (Lipinski definition) is 3. The first-order valence-electron chi connectivity index (χ1n) is 7.51. The maximum absolute atomic E-state index is 12.1. The van der Waals surface area contributed by atoms with Crippen molar-refractivity contribution in [3.63, 3.8) is 0 Å². The zero-order chi connectivity index (χ0) is 17.3. The average molecular weight is 343 g/mol. The minimum Gasteiger partial charge on any atom is -0.481 e. The Hall–Kier alpha value is -2.67. The third-order valence-electron chi connectivity index (χ3n) is 4.03. The first-order chi connectivity index (χ1) is 11.5. The summed E-state index contributed by atoms with van der Waals surface area (Å²) in [5.41, 5.74) is 7.33. The Morgan fingerprint density at radius 1 is 1.42 bits per heavy atom. The summed E-state index contributed by atoms with van der Waals surface area (Å²) >= 11 is 1.52. The zero-order valence-corrected chi connectivity index (χ0v) is 14.2. The van der Waals surface area contributed by atoms with Crippen LogP contribution in [0.2, 0.25) is 0 Å². The molecule has 0 aromatic carbocycles. The number of nitrogens with one attached hydrogen (secondary N) is 2. The summed E-state index contributed by atoms with van der Waals surface area (Å²) in [5, 5.41) is 14.9. The topological polar surface area (TPSA) is 94.5 Å². The third-order valence-corrected chi connectivity index (χ3v) is 4.91. The van der Waals surface area contributed by atoms with Gasteiger partial charge < -0.3 is 10.1 Å². The van der Waals surface area contributed by atoms with Crippen molar-refractivity contribution < 1.29 is 14.7 Å². The molecule has 0 atom stereocenters. The number of carbonyl (C=O) groups is 2. The van der Waals surface area contributed by atoms with Crippen molar-refractivity contribution in [2.75, 3.05) is 0 Å². The maximum Gasteiger partial charge on any atom is 0.303 e. The highest BCUT2D eigenvalue weighted by Crippen LogP contribution is 2.25. The number of carbonyl (C=O) groups excluding carboxylic acids is 1. The van der Waals surface area contributed by atoms with Gasteiger partial charge >= 0.3 is 5.97 Å². The predicted molar refractivity (Wildman–Crippen MR) is 93.2 cm³/mol. The van der Waals surface area contributed by atoms with Crippen LogP contribution in [-0.2, 0) is 16.0 Å². The van der Waals surface area contributed by atoms with E-state index >= 15 is 0 Å². The molecule has 0 unspecified atom stereocenters. The van der Waals surface area contributed by atoms with Crippen LogP contribution in [0.3, 0.4) is 0 Å². The van der Waals surface area contributed by atoms with E-state index in [1.165, 1.54) is 11.3 Å². The van der Waals surface area contributed by atoms with Crippen LogP contribution in [0.1, 0.15) is 33.8 Å². The zero-order valence-electron chi connectivity index (χ0n) is 13.3. The number of carboxylic acids is 1. The van der Waals surface area contributed by atoms with Crippen LogP contribution < -0.4 is 5.43 Å². The highest BCUT2D eigenvalue weighted by Gasteiger charge is 2.25. The molecule has 2 aromatic heterocycles. The number of rotatable bonds is 5. The molecule has 7 heteroatoms. The summed E-state index contributed by atoms with van der Waals surface area (Å²) < 4.78 is 0. The Balaban J connectivity index is 1.96. The number of aromatic nitrogens is 1. The van der Waals surface area contributed by atoms with Crippen molar-refractivity contribution in [2.45, 2.75) is 26.7 Å². The van der Waals surface area contributed by atoms with Crippen LogP contribution in [-0.4, -0.2) is 27.7 Å². The number of carboxylic acid groups (broad SMARTS) is 1. The van der Waals surface area contributed by atoms with Gasteiger partial charge in [0, 0.05) is 17.8 Å². The highest BCUT2D eigenvalue weighted by molar-refractivity contribution is 7.12. The predicted octanol–water partition coefficient (Wildman–Crippen LogP) is 2.63. The molecular formula is C17H17N3O3S. The number of thiophene rings is 1. The van der Waals surface area contributed by atoms with Gasteiger partial charge in [0.15, 0.2) is 0 Å². The Morgan fingerprint density at radius 3 is 2.88 bits per heavy atom. The number of hydrogen-bond acceptors (Lipinski definition) is 4. The molecule has 24 heavy (non-hydrogen) atoms. The van der Waals surface area contributed by atoms with Crippen LogP contribution in [0.15, 0.2) is 28.2 Å². The van der Waals surface area contributed by atoms with Gasteiger partial charge in [-0.15, -0.1) is 11.3 Å². The smallest absolute Gasteiger partial charge is 0.303 e. The molecule has 0 radical (unpaired) electrons. The van der Waals surface area contributed by atoms with Crippen molar-refractivity contribution in [2.24, 2.45) is 5.10 Å². The SMILES string of the molecule is Cc1[nH]c(C=C2C(=O)NN=C2c2cccs2)c(C)c1CCC(=O)O. The highest BCUT2D eigenvalue weighted by atomic mass is 32.1. The van der Waals surface area contributed by atoms with E-state index in [1.807, 2.05) is 31.4 Å². The van der Waals surface area contributed by atoms with Crippen LogP contribution in [0.5, 0.6) is 0 Å². The van der Waals surface area contributed by atoms with E-state index in [4.69, 9.17) is 5.11 Å². The fraction of sp³-hybridized carbons (Fsp3) is 0.235. The molecule has 0 saturated carbocycles. The van der Waals surface area contributed by atoms with Crippen molar-refractivity contribution >= 4 is 35.0 Å². The first-order valence-corrected chi connectivity index (χ1v) is 8.39. The van der Waals surface area contributed by atoms with Gasteiger partial charge in [-0.1, -0.05) is 6.07 Å². The second-order valence-corrected chi connectivity index (χ2v) is 6.55. The van der Waals surface area contributed by atoms with Crippen LogP contribution in [0.25, 0.3) is 6.08 Å². The van der Waals surface area contributed by atoms with Crippen molar-refractivity contribution in [3.8, 4) is 0 Å². The lowest BCUT2D eigenvalue weighted by Crippen LogP contribution is -2.13. The van der Waals surface area contributed by atoms with Gasteiger partial charge in [-0.3, -0.25) is 9.59 Å². The molecular weight excluding hydrogens is 326 g/mol. The number of aryl methyl sites for hydroxylation is 1. The van der Waals surface area contributed by atoms with E-state index in [0.717, 1.165) is 27.4 Å². The average Bonchev–Trinajstić information content (AvgIpc) is 3.21. The molecule has 0 fully saturated rings. The number of H-pyrrole nitrogens is 1. The molecule has 0 saturated heterocycles. The Kier molecular flexibility index (Phi) is 4.35. The number of aliphatic carboxylic acids is 1. The van der Waals surface area contributed by atoms with Crippen molar-refractivity contribution in [1.29, 1.82) is 0 Å². The van der Waals surface area contributed by atoms with Gasteiger partial charge in [-0.2, -0.15) is 5.10 Å². The Morgan fingerprint density at radius 2 is 2.21 bits per heavy atom. The van der Waals surface area contributed by atoms with E-state index < -0.39 is 5.97 Å². The van der Waals surface area contributed by atoms with E-state index in [9.17, 15) is 9.59 Å². The molecule has 2 aromatic rings. The van der Waals surface area contributed by atoms with Gasteiger partial charge in [0.05, 0.1) is 10.5 Å². The summed E-state index contributed by atoms with van der Waals surface area (Å²) in [6, 6.07) is 3.83. The number of nitrogens with zero attached hydrogens (tertiary/aromatic N) is 1. The molecule has 3 N–H and O–H groups in total. The normalized spacial score (nSPS) is 15.7. The molecule has 1 amide bonds. The Labute approximate surface area is 142 Å². The minimum absolute atomic E-state index is 0.0813. The molecule has 1 aliphatic heterocycles. The lowest BCUT2D eigenvalue weighted by atomic mass is 10.0. The summed E-state index contributed by atoms with van der Waals surface area (Å²) in [6.45, 7) is 3.84. The number of aromatic amines is 1. The minimum atomic E-state index is -0.822. The van der Waals surface area contributed by atoms with E-state index in [1.54, 1.807) is 6.08 Å². The fourth-order valence-electron chi connectivity index (χ4n) is 2.78. The lowest BCUT2D eigenvalue weighted by molar-refractivity contribution is -0.137. The standard InChI is InChI=1S/C17H17N3O3S/c1-9-11(5-6-15(21)22)10(2)18-13(9)8-12-16(19-20-17(12)23)14-4-3-7-24-14/h3-4,7-8,18H,5-6H2,1-2H3,(H,20,23)(H,21,22). The first kappa shape index (κ1) is 16.2. The molecule has 6 nitrogen and oxygen atoms in total. The monoisotopic (exact) mass is 343 g/mol. The van der Waals surface area contributed by atoms with E-state index in [0.29, 0.717) is 17.7 Å². The van der Waals surface area contributed by atoms with Crippen molar-refractivity contribution in [3.05, 3.63) is 50.5 Å². The Bertz CT molecular complexity index is 860. The number of hydrazone groups is 1. The van der Waals surface area contributed by atoms with Crippen LogP contribution >= 0.6 is 11.3 Å². The maximum atomic E-state index is 12.1. The van der Waals surface area contributed by atoms with Gasteiger partial charge in [0.2, 0.25) is 0 Å². The van der Waals surface area contributed by atoms with E-state index in [2.05, 4.69) is 15.5 Å². The van der Waals surface area contributed by atoms with Gasteiger partial charge in [-0.05, 0) is 48.9 Å². The fourth-order valence-corrected chi connectivity index (χ4v) is 3.51. The molecule has 3 heterocycles. The van der Waals surface area contributed by atoms with E-state index in [-0.39, 0.29) is 12.3 Å². The largest absolute Gasteiger partial charge is 0.481 e. The quantitative estimate of drug-likeness (QED) is 0.728. The third kappa shape index (κ3) is 3.03. The van der Waals surface area contributed by atoms with Gasteiger partial charge in [0.1, 0.15) is 5.71 Å². The summed E-state index contributed by atoms with van der Waals surface area (Å²) in [4.78, 5) is 27.1. The molecule has 0 aliphatic carbocycles. The summed E-state index contributed by atoms with van der Waals surface area (Å²) in [6.07, 6.45) is 2.33. The van der Waals surface area contributed by atoms with Crippen LogP contribution in [0, 0.1) is 13.8 Å². The number of amides is 1. The second kappa shape index (κ2) is 6.45. The molecule has 0 bridgehead atoms. The molecule has 124 valence electrons.